The van der Waals surface area contributed by atoms with Gasteiger partial charge in [0.05, 0.1) is 5.92 Å². The molecule has 19 heavy (non-hydrogen) atoms. The van der Waals surface area contributed by atoms with Crippen LogP contribution < -0.4 is 0 Å². The molecule has 1 N–H and O–H groups in total. The fourth-order valence-electron chi connectivity index (χ4n) is 2.06. The molecule has 0 spiro atoms. The number of carboxylic acid groups (broad SMARTS) is 1. The number of carboxylic acids is 1. The van der Waals surface area contributed by atoms with E-state index in [-0.39, 0.29) is 26.0 Å². The minimum atomic E-state index is -4.67. The predicted octanol–water partition coefficient (Wildman–Crippen LogP) is 2.04. The number of piperidine rings is 1. The lowest BCUT2D eigenvalue weighted by Crippen LogP contribution is -2.56. The van der Waals surface area contributed by atoms with Gasteiger partial charge < -0.3 is 9.84 Å². The van der Waals surface area contributed by atoms with Gasteiger partial charge in [-0.2, -0.15) is 13.2 Å². The van der Waals surface area contributed by atoms with Crippen LogP contribution in [0.3, 0.4) is 0 Å². The van der Waals surface area contributed by atoms with Crippen LogP contribution in [0.15, 0.2) is 12.7 Å². The van der Waals surface area contributed by atoms with Gasteiger partial charge in [0.2, 0.25) is 0 Å². The van der Waals surface area contributed by atoms with Crippen LogP contribution in [0.5, 0.6) is 0 Å². The monoisotopic (exact) mass is 281 g/mol. The van der Waals surface area contributed by atoms with Gasteiger partial charge in [-0.25, -0.2) is 9.59 Å². The number of ether oxygens (including phenoxy) is 1. The van der Waals surface area contributed by atoms with Gasteiger partial charge in [0.1, 0.15) is 12.6 Å². The van der Waals surface area contributed by atoms with Gasteiger partial charge in [0.25, 0.3) is 0 Å². The molecule has 5 nitrogen and oxygen atoms in total. The Kier molecular flexibility index (Phi) is 4.79. The van der Waals surface area contributed by atoms with Crippen LogP contribution in [0.2, 0.25) is 0 Å². The van der Waals surface area contributed by atoms with Gasteiger partial charge in [0.15, 0.2) is 0 Å². The van der Waals surface area contributed by atoms with Gasteiger partial charge in [0, 0.05) is 6.54 Å². The number of alkyl halides is 3. The van der Waals surface area contributed by atoms with Crippen molar-refractivity contribution in [1.29, 1.82) is 0 Å². The van der Waals surface area contributed by atoms with Crippen molar-refractivity contribution in [1.82, 2.24) is 4.90 Å². The van der Waals surface area contributed by atoms with Crippen molar-refractivity contribution >= 4 is 12.1 Å². The van der Waals surface area contributed by atoms with Crippen molar-refractivity contribution in [2.24, 2.45) is 5.92 Å². The number of likely N-dealkylation sites (tertiary alicyclic amines) is 1. The lowest BCUT2D eigenvalue weighted by atomic mass is 9.89. The summed E-state index contributed by atoms with van der Waals surface area (Å²) in [6.07, 6.45) is -4.72. The Balaban J connectivity index is 2.93. The van der Waals surface area contributed by atoms with E-state index in [1.807, 2.05) is 0 Å². The number of aliphatic carboxylic acids is 1. The number of amides is 1. The molecule has 1 amide bonds. The number of hydrogen-bond acceptors (Lipinski definition) is 3. The third kappa shape index (κ3) is 3.62. The Bertz CT molecular complexity index is 369. The van der Waals surface area contributed by atoms with E-state index in [2.05, 4.69) is 11.3 Å². The molecule has 0 unspecified atom stereocenters. The number of carbonyl (C=O) groups excluding carboxylic acids is 1. The van der Waals surface area contributed by atoms with Crippen molar-refractivity contribution in [3.63, 3.8) is 0 Å². The minimum Gasteiger partial charge on any atom is -0.480 e. The van der Waals surface area contributed by atoms with Gasteiger partial charge in [-0.15, -0.1) is 0 Å². The Labute approximate surface area is 107 Å². The molecule has 1 saturated heterocycles. The smallest absolute Gasteiger partial charge is 0.410 e. The van der Waals surface area contributed by atoms with Crippen LogP contribution >= 0.6 is 0 Å². The molecular weight excluding hydrogens is 267 g/mol. The normalized spacial score (nSPS) is 23.8. The standard InChI is InChI=1S/C11H14F3NO4/c1-2-6-19-10(18)15-5-3-4-7(11(12,13)14)8(15)9(16)17/h2,7-8H,1,3-6H2,(H,16,17)/t7-,8+/m1/s1. The van der Waals surface area contributed by atoms with Gasteiger partial charge in [-0.05, 0) is 12.8 Å². The highest BCUT2D eigenvalue weighted by Crippen LogP contribution is 2.37. The van der Waals surface area contributed by atoms with Crippen LogP contribution in [0.4, 0.5) is 18.0 Å². The van der Waals surface area contributed by atoms with Crippen molar-refractivity contribution in [2.75, 3.05) is 13.2 Å². The van der Waals surface area contributed by atoms with E-state index in [4.69, 9.17) is 5.11 Å². The molecule has 8 heteroatoms. The van der Waals surface area contributed by atoms with Crippen molar-refractivity contribution in [3.8, 4) is 0 Å². The number of nitrogens with zero attached hydrogens (tertiary/aromatic N) is 1. The maximum atomic E-state index is 12.8. The highest BCUT2D eigenvalue weighted by molar-refractivity contribution is 5.80. The first-order chi connectivity index (χ1) is 8.79. The van der Waals surface area contributed by atoms with E-state index < -0.39 is 30.2 Å². The largest absolute Gasteiger partial charge is 0.480 e. The molecule has 1 heterocycles. The summed E-state index contributed by atoms with van der Waals surface area (Å²) in [5, 5.41) is 8.95. The molecule has 1 aliphatic heterocycles. The molecule has 0 aromatic rings. The fraction of sp³-hybridized carbons (Fsp3) is 0.636. The molecular formula is C11H14F3NO4. The topological polar surface area (TPSA) is 66.8 Å². The second kappa shape index (κ2) is 5.94. The molecule has 0 radical (unpaired) electrons. The lowest BCUT2D eigenvalue weighted by Gasteiger charge is -2.38. The highest BCUT2D eigenvalue weighted by atomic mass is 19.4. The predicted molar refractivity (Wildman–Crippen MR) is 58.5 cm³/mol. The quantitative estimate of drug-likeness (QED) is 0.804. The van der Waals surface area contributed by atoms with E-state index in [1.54, 1.807) is 0 Å². The Morgan fingerprint density at radius 3 is 2.58 bits per heavy atom. The average Bonchev–Trinajstić information content (AvgIpc) is 2.33. The lowest BCUT2D eigenvalue weighted by molar-refractivity contribution is -0.205. The third-order valence-corrected chi connectivity index (χ3v) is 2.86. The van der Waals surface area contributed by atoms with E-state index in [0.717, 1.165) is 0 Å². The minimum absolute atomic E-state index is 0.0699. The first kappa shape index (κ1) is 15.3. The summed E-state index contributed by atoms with van der Waals surface area (Å²) >= 11 is 0. The summed E-state index contributed by atoms with van der Waals surface area (Å²) in [6.45, 7) is 3.04. The van der Waals surface area contributed by atoms with Crippen LogP contribution in [0, 0.1) is 5.92 Å². The summed E-state index contributed by atoms with van der Waals surface area (Å²) in [7, 11) is 0. The number of carbonyl (C=O) groups is 2. The maximum absolute atomic E-state index is 12.8. The van der Waals surface area contributed by atoms with E-state index in [0.29, 0.717) is 4.90 Å². The van der Waals surface area contributed by atoms with Crippen molar-refractivity contribution < 1.29 is 32.6 Å². The molecule has 0 saturated carbocycles. The third-order valence-electron chi connectivity index (χ3n) is 2.86. The zero-order valence-corrected chi connectivity index (χ0v) is 10.0. The first-order valence-corrected chi connectivity index (χ1v) is 5.63. The zero-order valence-electron chi connectivity index (χ0n) is 10.0. The molecule has 0 bridgehead atoms. The fourth-order valence-corrected chi connectivity index (χ4v) is 2.06. The molecule has 108 valence electrons. The van der Waals surface area contributed by atoms with Crippen LogP contribution in [0.1, 0.15) is 12.8 Å². The Morgan fingerprint density at radius 1 is 1.47 bits per heavy atom. The summed E-state index contributed by atoms with van der Waals surface area (Å²) in [6, 6.07) is -1.94. The molecule has 1 rings (SSSR count). The van der Waals surface area contributed by atoms with Gasteiger partial charge in [-0.3, -0.25) is 4.90 Å². The van der Waals surface area contributed by atoms with E-state index >= 15 is 0 Å². The SMILES string of the molecule is C=CCOC(=O)N1CCC[C@@H](C(F)(F)F)[C@H]1C(=O)O. The second-order valence-corrected chi connectivity index (χ2v) is 4.13. The summed E-state index contributed by atoms with van der Waals surface area (Å²) < 4.78 is 43.0. The second-order valence-electron chi connectivity index (χ2n) is 4.13. The van der Waals surface area contributed by atoms with Crippen LogP contribution in [-0.4, -0.2) is 47.4 Å². The maximum Gasteiger partial charge on any atom is 0.410 e. The molecule has 1 fully saturated rings. The Morgan fingerprint density at radius 2 is 2.11 bits per heavy atom. The molecule has 0 aromatic heterocycles. The van der Waals surface area contributed by atoms with Crippen molar-refractivity contribution in [3.05, 3.63) is 12.7 Å². The van der Waals surface area contributed by atoms with Crippen LogP contribution in [-0.2, 0) is 9.53 Å². The summed E-state index contributed by atoms with van der Waals surface area (Å²) in [5.74, 6) is -3.76. The van der Waals surface area contributed by atoms with Crippen LogP contribution in [0.25, 0.3) is 0 Å². The van der Waals surface area contributed by atoms with Gasteiger partial charge in [-0.1, -0.05) is 12.7 Å². The first-order valence-electron chi connectivity index (χ1n) is 5.63. The molecule has 0 aliphatic carbocycles. The average molecular weight is 281 g/mol. The summed E-state index contributed by atoms with van der Waals surface area (Å²) in [5.41, 5.74) is 0. The molecule has 1 aliphatic rings. The number of hydrogen-bond donors (Lipinski definition) is 1. The molecule has 2 atom stereocenters. The van der Waals surface area contributed by atoms with Crippen molar-refractivity contribution in [2.45, 2.75) is 25.1 Å². The molecule has 0 aromatic carbocycles. The van der Waals surface area contributed by atoms with Gasteiger partial charge >= 0.3 is 18.2 Å². The Hall–Kier alpha value is -1.73. The number of rotatable bonds is 3. The zero-order chi connectivity index (χ0) is 14.6. The number of halogens is 3. The van der Waals surface area contributed by atoms with E-state index in [1.165, 1.54) is 6.08 Å². The van der Waals surface area contributed by atoms with E-state index in [9.17, 15) is 22.8 Å². The summed E-state index contributed by atoms with van der Waals surface area (Å²) in [4.78, 5) is 23.2. The highest BCUT2D eigenvalue weighted by Gasteiger charge is 2.52.